The molecule has 1 unspecified atom stereocenters. The third-order valence-electron chi connectivity index (χ3n) is 5.18. The first-order valence-electron chi connectivity index (χ1n) is 9.41. The second-order valence-electron chi connectivity index (χ2n) is 7.42. The fourth-order valence-corrected chi connectivity index (χ4v) is 3.65. The molecule has 1 amide bonds. The van der Waals surface area contributed by atoms with Crippen LogP contribution in [0.15, 0.2) is 42.6 Å². The van der Waals surface area contributed by atoms with E-state index in [4.69, 9.17) is 4.98 Å². The molecule has 144 valence electrons. The second kappa shape index (κ2) is 7.07. The van der Waals surface area contributed by atoms with Crippen LogP contribution in [0.25, 0.3) is 22.3 Å². The molecule has 1 fully saturated rings. The third kappa shape index (κ3) is 3.13. The van der Waals surface area contributed by atoms with Crippen molar-refractivity contribution in [3.05, 3.63) is 48.2 Å². The summed E-state index contributed by atoms with van der Waals surface area (Å²) in [6.07, 6.45) is 2.15. The summed E-state index contributed by atoms with van der Waals surface area (Å²) in [7, 11) is 0. The van der Waals surface area contributed by atoms with Crippen LogP contribution in [0, 0.1) is 5.92 Å². The summed E-state index contributed by atoms with van der Waals surface area (Å²) in [4.78, 5) is 30.9. The lowest BCUT2D eigenvalue weighted by molar-refractivity contribution is -0.141. The fourth-order valence-electron chi connectivity index (χ4n) is 3.65. The van der Waals surface area contributed by atoms with Crippen molar-refractivity contribution in [2.45, 2.75) is 26.3 Å². The monoisotopic (exact) mass is 378 g/mol. The quantitative estimate of drug-likeness (QED) is 0.753. The van der Waals surface area contributed by atoms with Crippen LogP contribution in [0.2, 0.25) is 0 Å². The van der Waals surface area contributed by atoms with E-state index in [0.29, 0.717) is 35.3 Å². The molecule has 4 rings (SSSR count). The minimum Gasteiger partial charge on any atom is -0.481 e. The number of benzene rings is 1. The zero-order valence-electron chi connectivity index (χ0n) is 15.9. The number of rotatable bonds is 4. The largest absolute Gasteiger partial charge is 0.481 e. The van der Waals surface area contributed by atoms with Crippen LogP contribution < -0.4 is 0 Å². The number of amides is 1. The zero-order valence-corrected chi connectivity index (χ0v) is 15.9. The lowest BCUT2D eigenvalue weighted by atomic mass is 10.1. The average molecular weight is 378 g/mol. The number of aliphatic carboxylic acids is 1. The molecule has 0 spiro atoms. The molecular formula is C21H22N4O3. The molecule has 1 saturated heterocycles. The van der Waals surface area contributed by atoms with Crippen molar-refractivity contribution >= 4 is 22.9 Å². The Morgan fingerprint density at radius 2 is 1.96 bits per heavy atom. The summed E-state index contributed by atoms with van der Waals surface area (Å²) in [5, 5.41) is 14.4. The highest BCUT2D eigenvalue weighted by atomic mass is 16.4. The number of hydrogen-bond acceptors (Lipinski definition) is 4. The molecule has 1 atom stereocenters. The second-order valence-corrected chi connectivity index (χ2v) is 7.42. The zero-order chi connectivity index (χ0) is 19.8. The van der Waals surface area contributed by atoms with E-state index in [0.717, 1.165) is 5.56 Å². The Hall–Kier alpha value is -3.22. The predicted molar refractivity (Wildman–Crippen MR) is 105 cm³/mol. The molecule has 7 heteroatoms. The highest BCUT2D eigenvalue weighted by Crippen LogP contribution is 2.28. The molecule has 0 saturated carbocycles. The number of carbonyl (C=O) groups excluding carboxylic acids is 1. The lowest BCUT2D eigenvalue weighted by Crippen LogP contribution is -2.30. The third-order valence-corrected chi connectivity index (χ3v) is 5.18. The van der Waals surface area contributed by atoms with Crippen molar-refractivity contribution in [2.24, 2.45) is 5.92 Å². The summed E-state index contributed by atoms with van der Waals surface area (Å²) < 4.78 is 1.81. The first-order chi connectivity index (χ1) is 13.5. The van der Waals surface area contributed by atoms with Gasteiger partial charge in [-0.05, 0) is 26.3 Å². The normalized spacial score (nSPS) is 16.8. The molecule has 0 aliphatic carbocycles. The predicted octanol–water partition coefficient (Wildman–Crippen LogP) is 3.23. The minimum atomic E-state index is -0.854. The van der Waals surface area contributed by atoms with Gasteiger partial charge in [-0.1, -0.05) is 30.3 Å². The summed E-state index contributed by atoms with van der Waals surface area (Å²) in [5.74, 6) is -1.53. The van der Waals surface area contributed by atoms with Gasteiger partial charge < -0.3 is 10.0 Å². The number of carboxylic acids is 1. The number of carbonyl (C=O) groups is 2. The Morgan fingerprint density at radius 1 is 1.21 bits per heavy atom. The number of nitrogens with zero attached hydrogens (tertiary/aromatic N) is 4. The van der Waals surface area contributed by atoms with Crippen LogP contribution in [0.3, 0.4) is 0 Å². The number of pyridine rings is 1. The van der Waals surface area contributed by atoms with Crippen LogP contribution in [-0.2, 0) is 4.79 Å². The fraction of sp³-hybridized carbons (Fsp3) is 0.333. The molecule has 1 aliphatic rings. The van der Waals surface area contributed by atoms with Gasteiger partial charge in [0.25, 0.3) is 5.91 Å². The van der Waals surface area contributed by atoms with E-state index in [1.165, 1.54) is 0 Å². The smallest absolute Gasteiger partial charge is 0.308 e. The molecule has 0 bridgehead atoms. The molecule has 3 aromatic rings. The Labute approximate surface area is 162 Å². The molecule has 2 aromatic heterocycles. The van der Waals surface area contributed by atoms with Crippen molar-refractivity contribution in [3.63, 3.8) is 0 Å². The van der Waals surface area contributed by atoms with Gasteiger partial charge in [0, 0.05) is 24.7 Å². The van der Waals surface area contributed by atoms with Gasteiger partial charge >= 0.3 is 5.97 Å². The summed E-state index contributed by atoms with van der Waals surface area (Å²) in [6, 6.07) is 11.6. The van der Waals surface area contributed by atoms with Gasteiger partial charge in [0.15, 0.2) is 5.65 Å². The van der Waals surface area contributed by atoms with Crippen LogP contribution in [0.4, 0.5) is 0 Å². The molecule has 28 heavy (non-hydrogen) atoms. The van der Waals surface area contributed by atoms with Crippen molar-refractivity contribution in [2.75, 3.05) is 13.1 Å². The number of aromatic nitrogens is 3. The number of fused-ring (bicyclic) bond motifs is 1. The molecule has 1 N–H and O–H groups in total. The van der Waals surface area contributed by atoms with Crippen molar-refractivity contribution in [3.8, 4) is 11.3 Å². The highest BCUT2D eigenvalue weighted by Gasteiger charge is 2.32. The Balaban J connectivity index is 1.83. The average Bonchev–Trinajstić information content (AvgIpc) is 3.34. The van der Waals surface area contributed by atoms with Crippen LogP contribution >= 0.6 is 0 Å². The van der Waals surface area contributed by atoms with Crippen LogP contribution in [-0.4, -0.2) is 49.7 Å². The molecule has 1 aliphatic heterocycles. The number of likely N-dealkylation sites (tertiary alicyclic amines) is 1. The summed E-state index contributed by atoms with van der Waals surface area (Å²) in [5.41, 5.74) is 2.79. The van der Waals surface area contributed by atoms with Crippen molar-refractivity contribution in [1.29, 1.82) is 0 Å². The van der Waals surface area contributed by atoms with Gasteiger partial charge in [-0.2, -0.15) is 5.10 Å². The topological polar surface area (TPSA) is 88.3 Å². The maximum atomic E-state index is 13.3. The number of carboxylic acid groups (broad SMARTS) is 1. The summed E-state index contributed by atoms with van der Waals surface area (Å²) >= 11 is 0. The SMILES string of the molecule is CC(C)n1ncc2c(C(=O)N3CCC(C(=O)O)C3)cc(-c3ccccc3)nc21. The van der Waals surface area contributed by atoms with E-state index in [2.05, 4.69) is 5.10 Å². The highest BCUT2D eigenvalue weighted by molar-refractivity contribution is 6.06. The maximum absolute atomic E-state index is 13.3. The Kier molecular flexibility index (Phi) is 4.58. The van der Waals surface area contributed by atoms with Gasteiger partial charge in [-0.3, -0.25) is 9.59 Å². The number of hydrogen-bond donors (Lipinski definition) is 1. The first-order valence-corrected chi connectivity index (χ1v) is 9.41. The lowest BCUT2D eigenvalue weighted by Gasteiger charge is -2.17. The van der Waals surface area contributed by atoms with E-state index in [1.807, 2.05) is 48.9 Å². The van der Waals surface area contributed by atoms with Gasteiger partial charge in [-0.25, -0.2) is 9.67 Å². The van der Waals surface area contributed by atoms with Gasteiger partial charge in [0.1, 0.15) is 0 Å². The van der Waals surface area contributed by atoms with Crippen molar-refractivity contribution < 1.29 is 14.7 Å². The molecule has 1 aromatic carbocycles. The molecular weight excluding hydrogens is 356 g/mol. The van der Waals surface area contributed by atoms with E-state index in [1.54, 1.807) is 17.2 Å². The maximum Gasteiger partial charge on any atom is 0.308 e. The molecule has 3 heterocycles. The van der Waals surface area contributed by atoms with E-state index in [-0.39, 0.29) is 18.5 Å². The van der Waals surface area contributed by atoms with Gasteiger partial charge in [0.05, 0.1) is 28.8 Å². The van der Waals surface area contributed by atoms with Gasteiger partial charge in [-0.15, -0.1) is 0 Å². The van der Waals surface area contributed by atoms with Crippen LogP contribution in [0.5, 0.6) is 0 Å². The van der Waals surface area contributed by atoms with Crippen LogP contribution in [0.1, 0.15) is 36.7 Å². The minimum absolute atomic E-state index is 0.0992. The Morgan fingerprint density at radius 3 is 2.61 bits per heavy atom. The Bertz CT molecular complexity index is 1040. The molecule has 7 nitrogen and oxygen atoms in total. The first kappa shape index (κ1) is 18.2. The molecule has 0 radical (unpaired) electrons. The van der Waals surface area contributed by atoms with E-state index >= 15 is 0 Å². The van der Waals surface area contributed by atoms with Gasteiger partial charge in [0.2, 0.25) is 0 Å². The van der Waals surface area contributed by atoms with E-state index in [9.17, 15) is 14.7 Å². The van der Waals surface area contributed by atoms with E-state index < -0.39 is 11.9 Å². The standard InChI is InChI=1S/C21H22N4O3/c1-13(2)25-19-17(11-22-25)16(10-18(23-19)14-6-4-3-5-7-14)20(26)24-9-8-15(12-24)21(27)28/h3-7,10-11,13,15H,8-9,12H2,1-2H3,(H,27,28). The van der Waals surface area contributed by atoms with Crippen molar-refractivity contribution in [1.82, 2.24) is 19.7 Å². The summed E-state index contributed by atoms with van der Waals surface area (Å²) in [6.45, 7) is 4.71.